The number of nitrogens with zero attached hydrogens (tertiary/aromatic N) is 2. The number of benzene rings is 2. The van der Waals surface area contributed by atoms with Crippen LogP contribution in [0, 0.1) is 0 Å². The van der Waals surface area contributed by atoms with Crippen LogP contribution in [0.5, 0.6) is 0 Å². The van der Waals surface area contributed by atoms with Crippen molar-refractivity contribution < 1.29 is 13.2 Å². The summed E-state index contributed by atoms with van der Waals surface area (Å²) in [6.45, 7) is 0.539. The second-order valence-corrected chi connectivity index (χ2v) is 8.36. The van der Waals surface area contributed by atoms with Gasteiger partial charge in [-0.25, -0.2) is 13.1 Å². The molecule has 0 unspecified atom stereocenters. The minimum absolute atomic E-state index is 0.0597. The van der Waals surface area contributed by atoms with Crippen molar-refractivity contribution in [2.24, 2.45) is 0 Å². The third-order valence-electron chi connectivity index (χ3n) is 4.18. The minimum atomic E-state index is -3.58. The lowest BCUT2D eigenvalue weighted by atomic mass is 10.2. The monoisotopic (exact) mass is 401 g/mol. The van der Waals surface area contributed by atoms with Crippen LogP contribution in [0.1, 0.15) is 17.5 Å². The summed E-state index contributed by atoms with van der Waals surface area (Å²) < 4.78 is 26.4. The molecule has 2 aromatic carbocycles. The molecule has 1 N–H and O–H groups in total. The molecule has 0 aliphatic rings. The molecule has 0 aliphatic carbocycles. The maximum Gasteiger partial charge on any atom is 0.233 e. The summed E-state index contributed by atoms with van der Waals surface area (Å²) in [5, 5.41) is 1.11. The SMILES string of the molecule is CN(Cc1ccc(N(C)C)cc1)C(=O)CCNS(=O)(=O)/C=C/c1ccccc1. The second-order valence-electron chi connectivity index (χ2n) is 6.71. The largest absolute Gasteiger partial charge is 0.378 e. The molecule has 0 aromatic heterocycles. The Bertz CT molecular complexity index is 892. The molecule has 0 atom stereocenters. The highest BCUT2D eigenvalue weighted by Gasteiger charge is 2.11. The highest BCUT2D eigenvalue weighted by molar-refractivity contribution is 7.92. The van der Waals surface area contributed by atoms with E-state index in [0.29, 0.717) is 6.54 Å². The number of carbonyl (C=O) groups is 1. The van der Waals surface area contributed by atoms with Crippen LogP contribution in [-0.2, 0) is 21.4 Å². The number of carbonyl (C=O) groups excluding carboxylic acids is 1. The van der Waals surface area contributed by atoms with E-state index in [2.05, 4.69) is 4.72 Å². The molecule has 0 bridgehead atoms. The number of anilines is 1. The number of amides is 1. The standard InChI is InChI=1S/C21H27N3O3S/c1-23(2)20-11-9-19(10-12-20)17-24(3)21(25)13-15-22-28(26,27)16-14-18-7-5-4-6-8-18/h4-12,14,16,22H,13,15,17H2,1-3H3/b16-14+. The zero-order valence-corrected chi connectivity index (χ0v) is 17.3. The lowest BCUT2D eigenvalue weighted by Crippen LogP contribution is -2.31. The van der Waals surface area contributed by atoms with E-state index in [0.717, 1.165) is 22.2 Å². The van der Waals surface area contributed by atoms with Gasteiger partial charge in [-0.15, -0.1) is 0 Å². The van der Waals surface area contributed by atoms with Gasteiger partial charge in [0.15, 0.2) is 0 Å². The van der Waals surface area contributed by atoms with Crippen molar-refractivity contribution in [1.29, 1.82) is 0 Å². The average molecular weight is 402 g/mol. The molecule has 0 heterocycles. The van der Waals surface area contributed by atoms with E-state index in [-0.39, 0.29) is 18.9 Å². The molecular formula is C21H27N3O3S. The van der Waals surface area contributed by atoms with Gasteiger partial charge >= 0.3 is 0 Å². The molecule has 2 rings (SSSR count). The van der Waals surface area contributed by atoms with E-state index >= 15 is 0 Å². The van der Waals surface area contributed by atoms with Crippen molar-refractivity contribution in [3.63, 3.8) is 0 Å². The number of hydrogen-bond acceptors (Lipinski definition) is 4. The Morgan fingerprint density at radius 2 is 1.64 bits per heavy atom. The zero-order valence-electron chi connectivity index (χ0n) is 16.5. The van der Waals surface area contributed by atoms with Crippen molar-refractivity contribution in [3.05, 3.63) is 71.1 Å². The van der Waals surface area contributed by atoms with E-state index in [4.69, 9.17) is 0 Å². The van der Waals surface area contributed by atoms with Gasteiger partial charge in [0.1, 0.15) is 0 Å². The molecule has 0 aliphatic heterocycles. The Labute approximate surface area is 167 Å². The van der Waals surface area contributed by atoms with Crippen molar-refractivity contribution in [1.82, 2.24) is 9.62 Å². The Morgan fingerprint density at radius 1 is 1.00 bits per heavy atom. The van der Waals surface area contributed by atoms with Crippen LogP contribution in [0.4, 0.5) is 5.69 Å². The summed E-state index contributed by atoms with van der Waals surface area (Å²) >= 11 is 0. The fourth-order valence-electron chi connectivity index (χ4n) is 2.53. The minimum Gasteiger partial charge on any atom is -0.378 e. The van der Waals surface area contributed by atoms with E-state index in [1.54, 1.807) is 11.9 Å². The molecule has 28 heavy (non-hydrogen) atoms. The Morgan fingerprint density at radius 3 is 2.25 bits per heavy atom. The fourth-order valence-corrected chi connectivity index (χ4v) is 3.35. The maximum absolute atomic E-state index is 12.3. The van der Waals surface area contributed by atoms with Gasteiger partial charge in [0.2, 0.25) is 15.9 Å². The highest BCUT2D eigenvalue weighted by Crippen LogP contribution is 2.13. The van der Waals surface area contributed by atoms with E-state index in [1.807, 2.05) is 73.6 Å². The molecule has 0 radical (unpaired) electrons. The summed E-state index contributed by atoms with van der Waals surface area (Å²) in [6, 6.07) is 17.1. The summed E-state index contributed by atoms with van der Waals surface area (Å²) in [5.41, 5.74) is 2.91. The maximum atomic E-state index is 12.3. The van der Waals surface area contributed by atoms with Gasteiger partial charge < -0.3 is 9.80 Å². The number of nitrogens with one attached hydrogen (secondary N) is 1. The molecular weight excluding hydrogens is 374 g/mol. The first kappa shape index (κ1) is 21.7. The molecule has 0 spiro atoms. The molecule has 1 amide bonds. The third kappa shape index (κ3) is 7.17. The first-order valence-corrected chi connectivity index (χ1v) is 10.5. The van der Waals surface area contributed by atoms with E-state index in [1.165, 1.54) is 6.08 Å². The Hall–Kier alpha value is -2.64. The topological polar surface area (TPSA) is 69.7 Å². The third-order valence-corrected chi connectivity index (χ3v) is 5.28. The van der Waals surface area contributed by atoms with Crippen molar-refractivity contribution >= 4 is 27.7 Å². The van der Waals surface area contributed by atoms with Gasteiger partial charge in [-0.1, -0.05) is 42.5 Å². The first-order chi connectivity index (χ1) is 13.3. The number of sulfonamides is 1. The average Bonchev–Trinajstić information content (AvgIpc) is 2.67. The molecule has 7 heteroatoms. The van der Waals surface area contributed by atoms with Crippen molar-refractivity contribution in [3.8, 4) is 0 Å². The normalized spacial score (nSPS) is 11.5. The molecule has 0 fully saturated rings. The molecule has 2 aromatic rings. The van der Waals surface area contributed by atoms with Crippen LogP contribution in [0.3, 0.4) is 0 Å². The predicted molar refractivity (Wildman–Crippen MR) is 114 cm³/mol. The van der Waals surface area contributed by atoms with Crippen molar-refractivity contribution in [2.45, 2.75) is 13.0 Å². The smallest absolute Gasteiger partial charge is 0.233 e. The van der Waals surface area contributed by atoms with Crippen LogP contribution < -0.4 is 9.62 Å². The summed E-state index contributed by atoms with van der Waals surface area (Å²) in [7, 11) is 2.08. The Kier molecular flexibility index (Phi) is 7.78. The van der Waals surface area contributed by atoms with E-state index in [9.17, 15) is 13.2 Å². The second kappa shape index (κ2) is 10.1. The van der Waals surface area contributed by atoms with Gasteiger partial charge in [0.05, 0.1) is 0 Å². The van der Waals surface area contributed by atoms with Gasteiger partial charge in [-0.3, -0.25) is 4.79 Å². The molecule has 0 saturated heterocycles. The van der Waals surface area contributed by atoms with Gasteiger partial charge in [-0.05, 0) is 29.3 Å². The van der Waals surface area contributed by atoms with Crippen LogP contribution in [0.15, 0.2) is 60.0 Å². The molecule has 6 nitrogen and oxygen atoms in total. The van der Waals surface area contributed by atoms with Gasteiger partial charge in [-0.2, -0.15) is 0 Å². The van der Waals surface area contributed by atoms with Crippen molar-refractivity contribution in [2.75, 3.05) is 32.6 Å². The number of hydrogen-bond donors (Lipinski definition) is 1. The van der Waals surface area contributed by atoms with Crippen LogP contribution in [-0.4, -0.2) is 46.9 Å². The summed E-state index contributed by atoms with van der Waals surface area (Å²) in [6.07, 6.45) is 1.62. The lowest BCUT2D eigenvalue weighted by molar-refractivity contribution is -0.130. The summed E-state index contributed by atoms with van der Waals surface area (Å²) in [5.74, 6) is -0.119. The van der Waals surface area contributed by atoms with E-state index < -0.39 is 10.0 Å². The zero-order chi connectivity index (χ0) is 20.6. The highest BCUT2D eigenvalue weighted by atomic mass is 32.2. The molecule has 150 valence electrons. The fraction of sp³-hybridized carbons (Fsp3) is 0.286. The van der Waals surface area contributed by atoms with Crippen LogP contribution in [0.25, 0.3) is 6.08 Å². The first-order valence-electron chi connectivity index (χ1n) is 9.00. The predicted octanol–water partition coefficient (Wildman–Crippen LogP) is 2.69. The quantitative estimate of drug-likeness (QED) is 0.701. The van der Waals surface area contributed by atoms with Crippen LogP contribution >= 0.6 is 0 Å². The van der Waals surface area contributed by atoms with Gasteiger partial charge in [0.25, 0.3) is 0 Å². The van der Waals surface area contributed by atoms with Gasteiger partial charge in [0, 0.05) is 51.7 Å². The van der Waals surface area contributed by atoms with Crippen LogP contribution in [0.2, 0.25) is 0 Å². The number of rotatable bonds is 9. The summed E-state index contributed by atoms with van der Waals surface area (Å²) in [4.78, 5) is 15.9. The lowest BCUT2D eigenvalue weighted by Gasteiger charge is -2.18. The molecule has 0 saturated carbocycles. The Balaban J connectivity index is 1.80.